The molecule has 21 heavy (non-hydrogen) atoms. The molecule has 5 nitrogen and oxygen atoms in total. The van der Waals surface area contributed by atoms with Crippen LogP contribution in [0.3, 0.4) is 0 Å². The van der Waals surface area contributed by atoms with Gasteiger partial charge in [-0.25, -0.2) is 0 Å². The Morgan fingerprint density at radius 3 is 2.19 bits per heavy atom. The lowest BCUT2D eigenvalue weighted by atomic mass is 9.97. The molecule has 0 aromatic heterocycles. The van der Waals surface area contributed by atoms with Crippen LogP contribution in [0.15, 0.2) is 24.3 Å². The van der Waals surface area contributed by atoms with Crippen molar-refractivity contribution >= 4 is 10.2 Å². The summed E-state index contributed by atoms with van der Waals surface area (Å²) in [6.07, 6.45) is 1.88. The van der Waals surface area contributed by atoms with Gasteiger partial charge in [-0.3, -0.25) is 0 Å². The Hall–Kier alpha value is -1.11. The molecule has 118 valence electrons. The van der Waals surface area contributed by atoms with Crippen molar-refractivity contribution in [1.82, 2.24) is 9.03 Å². The molecule has 2 rings (SSSR count). The van der Waals surface area contributed by atoms with Crippen LogP contribution in [0.1, 0.15) is 38.3 Å². The molecule has 0 amide bonds. The molecule has 0 bridgehead atoms. The van der Waals surface area contributed by atoms with E-state index >= 15 is 0 Å². The monoisotopic (exact) mass is 312 g/mol. The highest BCUT2D eigenvalue weighted by molar-refractivity contribution is 7.87. The summed E-state index contributed by atoms with van der Waals surface area (Å²) >= 11 is 0. The first-order valence-corrected chi connectivity index (χ1v) is 8.79. The van der Waals surface area contributed by atoms with Crippen molar-refractivity contribution in [2.24, 2.45) is 5.92 Å². The van der Waals surface area contributed by atoms with Gasteiger partial charge in [-0.05, 0) is 36.5 Å². The van der Waals surface area contributed by atoms with Crippen molar-refractivity contribution in [3.05, 3.63) is 29.8 Å². The minimum Gasteiger partial charge on any atom is -0.497 e. The van der Waals surface area contributed by atoms with E-state index in [2.05, 4.69) is 4.72 Å². The summed E-state index contributed by atoms with van der Waals surface area (Å²) in [4.78, 5) is 0. The van der Waals surface area contributed by atoms with E-state index in [0.717, 1.165) is 24.2 Å². The Balaban J connectivity index is 2.18. The zero-order valence-corrected chi connectivity index (χ0v) is 13.7. The molecular weight excluding hydrogens is 288 g/mol. The zero-order chi connectivity index (χ0) is 15.5. The van der Waals surface area contributed by atoms with Crippen molar-refractivity contribution < 1.29 is 13.2 Å². The second-order valence-electron chi connectivity index (χ2n) is 5.72. The summed E-state index contributed by atoms with van der Waals surface area (Å²) in [6, 6.07) is 7.30. The van der Waals surface area contributed by atoms with Crippen LogP contribution < -0.4 is 9.46 Å². The standard InChI is InChI=1S/C15H24N2O3S/c1-12(2)15(13-6-8-14(20-3)9-7-13)16-21(18,19)17-10-4-5-11-17/h6-9,12,15-16H,4-5,10-11H2,1-3H3. The topological polar surface area (TPSA) is 58.6 Å². The molecule has 6 heteroatoms. The molecule has 1 N–H and O–H groups in total. The average Bonchev–Trinajstić information content (AvgIpc) is 3.00. The van der Waals surface area contributed by atoms with Gasteiger partial charge < -0.3 is 4.74 Å². The molecule has 1 unspecified atom stereocenters. The Kier molecular flexibility index (Phi) is 5.24. The molecule has 0 saturated carbocycles. The van der Waals surface area contributed by atoms with Crippen LogP contribution in [0.5, 0.6) is 5.75 Å². The van der Waals surface area contributed by atoms with Crippen LogP contribution >= 0.6 is 0 Å². The van der Waals surface area contributed by atoms with Crippen LogP contribution in [-0.2, 0) is 10.2 Å². The minimum atomic E-state index is -3.42. The smallest absolute Gasteiger partial charge is 0.280 e. The summed E-state index contributed by atoms with van der Waals surface area (Å²) in [5.74, 6) is 0.930. The third-order valence-electron chi connectivity index (χ3n) is 3.82. The van der Waals surface area contributed by atoms with Gasteiger partial charge in [0.2, 0.25) is 0 Å². The molecule has 0 aliphatic carbocycles. The molecule has 1 saturated heterocycles. The number of hydrogen-bond acceptors (Lipinski definition) is 3. The highest BCUT2D eigenvalue weighted by atomic mass is 32.2. The summed E-state index contributed by atoms with van der Waals surface area (Å²) in [6.45, 7) is 5.26. The summed E-state index contributed by atoms with van der Waals surface area (Å²) < 4.78 is 34.4. The molecule has 1 aromatic rings. The lowest BCUT2D eigenvalue weighted by Crippen LogP contribution is -2.42. The largest absolute Gasteiger partial charge is 0.497 e. The van der Waals surface area contributed by atoms with Crippen molar-refractivity contribution in [3.63, 3.8) is 0 Å². The van der Waals surface area contributed by atoms with Crippen LogP contribution in [0.2, 0.25) is 0 Å². The second-order valence-corrected chi connectivity index (χ2v) is 7.43. The maximum Gasteiger partial charge on any atom is 0.280 e. The number of nitrogens with zero attached hydrogens (tertiary/aromatic N) is 1. The highest BCUT2D eigenvalue weighted by Crippen LogP contribution is 2.26. The lowest BCUT2D eigenvalue weighted by Gasteiger charge is -2.26. The van der Waals surface area contributed by atoms with Crippen LogP contribution in [0.25, 0.3) is 0 Å². The van der Waals surface area contributed by atoms with E-state index in [1.807, 2.05) is 38.1 Å². The summed E-state index contributed by atoms with van der Waals surface area (Å²) in [5.41, 5.74) is 0.952. The van der Waals surface area contributed by atoms with Crippen LogP contribution in [0, 0.1) is 5.92 Å². The van der Waals surface area contributed by atoms with E-state index in [-0.39, 0.29) is 12.0 Å². The molecule has 0 radical (unpaired) electrons. The number of methoxy groups -OCH3 is 1. The zero-order valence-electron chi connectivity index (χ0n) is 12.9. The SMILES string of the molecule is COc1ccc(C(NS(=O)(=O)N2CCCC2)C(C)C)cc1. The average molecular weight is 312 g/mol. The molecule has 1 heterocycles. The number of benzene rings is 1. The number of ether oxygens (including phenoxy) is 1. The number of hydrogen-bond donors (Lipinski definition) is 1. The van der Waals surface area contributed by atoms with Gasteiger partial charge in [-0.1, -0.05) is 26.0 Å². The van der Waals surface area contributed by atoms with E-state index in [9.17, 15) is 8.42 Å². The fourth-order valence-corrected chi connectivity index (χ4v) is 4.18. The predicted molar refractivity (Wildman–Crippen MR) is 83.4 cm³/mol. The first-order valence-electron chi connectivity index (χ1n) is 7.35. The third kappa shape index (κ3) is 3.96. The van der Waals surface area contributed by atoms with Gasteiger partial charge in [-0.2, -0.15) is 17.4 Å². The van der Waals surface area contributed by atoms with Gasteiger partial charge in [0.25, 0.3) is 10.2 Å². The molecule has 1 aliphatic rings. The molecule has 1 atom stereocenters. The lowest BCUT2D eigenvalue weighted by molar-refractivity contribution is 0.411. The van der Waals surface area contributed by atoms with E-state index in [0.29, 0.717) is 13.1 Å². The third-order valence-corrected chi connectivity index (χ3v) is 5.42. The van der Waals surface area contributed by atoms with Crippen LogP contribution in [-0.4, -0.2) is 32.9 Å². The predicted octanol–water partition coefficient (Wildman–Crippen LogP) is 2.32. The normalized spacial score (nSPS) is 18.1. The van der Waals surface area contributed by atoms with Gasteiger partial charge in [0.1, 0.15) is 5.75 Å². The fraction of sp³-hybridized carbons (Fsp3) is 0.600. The molecular formula is C15H24N2O3S. The summed E-state index contributed by atoms with van der Waals surface area (Å²) in [5, 5.41) is 0. The first kappa shape index (κ1) is 16.3. The van der Waals surface area contributed by atoms with Crippen molar-refractivity contribution in [2.45, 2.75) is 32.7 Å². The van der Waals surface area contributed by atoms with Gasteiger partial charge in [-0.15, -0.1) is 0 Å². The molecule has 1 aromatic carbocycles. The maximum atomic E-state index is 12.4. The Labute approximate surface area is 127 Å². The van der Waals surface area contributed by atoms with E-state index in [1.54, 1.807) is 7.11 Å². The van der Waals surface area contributed by atoms with Crippen LogP contribution in [0.4, 0.5) is 0 Å². The Bertz CT molecular complexity index is 549. The number of nitrogens with one attached hydrogen (secondary N) is 1. The van der Waals surface area contributed by atoms with Crippen molar-refractivity contribution in [3.8, 4) is 5.75 Å². The van der Waals surface area contributed by atoms with E-state index < -0.39 is 10.2 Å². The van der Waals surface area contributed by atoms with Crippen molar-refractivity contribution in [1.29, 1.82) is 0 Å². The molecule has 1 fully saturated rings. The van der Waals surface area contributed by atoms with Crippen molar-refractivity contribution in [2.75, 3.05) is 20.2 Å². The summed E-state index contributed by atoms with van der Waals surface area (Å²) in [7, 11) is -1.80. The number of rotatable bonds is 6. The molecule has 0 spiro atoms. The second kappa shape index (κ2) is 6.77. The van der Waals surface area contributed by atoms with E-state index in [4.69, 9.17) is 4.74 Å². The van der Waals surface area contributed by atoms with E-state index in [1.165, 1.54) is 4.31 Å². The van der Waals surface area contributed by atoms with Gasteiger partial charge in [0, 0.05) is 13.1 Å². The molecule has 1 aliphatic heterocycles. The fourth-order valence-electron chi connectivity index (χ4n) is 2.56. The Morgan fingerprint density at radius 1 is 1.14 bits per heavy atom. The van der Waals surface area contributed by atoms with Gasteiger partial charge >= 0.3 is 0 Å². The van der Waals surface area contributed by atoms with Gasteiger partial charge in [0.15, 0.2) is 0 Å². The highest BCUT2D eigenvalue weighted by Gasteiger charge is 2.29. The first-order chi connectivity index (χ1) is 9.94. The minimum absolute atomic E-state index is 0.163. The van der Waals surface area contributed by atoms with Gasteiger partial charge in [0.05, 0.1) is 13.2 Å². The quantitative estimate of drug-likeness (QED) is 0.877. The maximum absolute atomic E-state index is 12.4. The Morgan fingerprint density at radius 2 is 1.71 bits per heavy atom.